The maximum absolute atomic E-state index is 12.3. The smallest absolute Gasteiger partial charge is 0.227 e. The Kier molecular flexibility index (Phi) is 6.85. The average Bonchev–Trinajstić information content (AvgIpc) is 2.81. The number of hydrogen-bond donors (Lipinski definition) is 3. The van der Waals surface area contributed by atoms with Crippen molar-refractivity contribution >= 4 is 28.6 Å². The van der Waals surface area contributed by atoms with Crippen LogP contribution in [-0.2, 0) is 17.9 Å². The summed E-state index contributed by atoms with van der Waals surface area (Å²) in [5.74, 6) is 1.82. The first-order chi connectivity index (χ1) is 15.5. The molecule has 1 aliphatic heterocycles. The third-order valence-corrected chi connectivity index (χ3v) is 5.90. The number of carbonyl (C=O) groups is 1. The Hall–Kier alpha value is -3.19. The largest absolute Gasteiger partial charge is 0.365 e. The Labute approximate surface area is 189 Å². The minimum absolute atomic E-state index is 0.137. The van der Waals surface area contributed by atoms with Crippen molar-refractivity contribution in [3.05, 3.63) is 59.2 Å². The van der Waals surface area contributed by atoms with Gasteiger partial charge >= 0.3 is 0 Å². The van der Waals surface area contributed by atoms with Gasteiger partial charge in [0.05, 0.1) is 5.52 Å². The summed E-state index contributed by atoms with van der Waals surface area (Å²) in [6, 6.07) is 14.6. The van der Waals surface area contributed by atoms with Crippen LogP contribution in [0, 0.1) is 12.8 Å². The van der Waals surface area contributed by atoms with Crippen LogP contribution in [0.15, 0.2) is 42.5 Å². The van der Waals surface area contributed by atoms with Crippen molar-refractivity contribution < 1.29 is 4.79 Å². The molecule has 32 heavy (non-hydrogen) atoms. The fourth-order valence-corrected chi connectivity index (χ4v) is 3.94. The fourth-order valence-electron chi connectivity index (χ4n) is 3.94. The van der Waals surface area contributed by atoms with Crippen molar-refractivity contribution in [1.29, 1.82) is 0 Å². The highest BCUT2D eigenvalue weighted by molar-refractivity contribution is 5.90. The van der Waals surface area contributed by atoms with E-state index in [4.69, 9.17) is 4.98 Å². The highest BCUT2D eigenvalue weighted by Crippen LogP contribution is 2.24. The van der Waals surface area contributed by atoms with Crippen LogP contribution >= 0.6 is 0 Å². The lowest BCUT2D eigenvalue weighted by molar-refractivity contribution is -0.125. The number of fused-ring (bicyclic) bond motifs is 1. The maximum Gasteiger partial charge on any atom is 0.227 e. The van der Waals surface area contributed by atoms with E-state index >= 15 is 0 Å². The molecule has 1 amide bonds. The second-order valence-corrected chi connectivity index (χ2v) is 8.70. The minimum atomic E-state index is 0.137. The molecule has 0 radical (unpaired) electrons. The van der Waals surface area contributed by atoms with E-state index in [-0.39, 0.29) is 11.8 Å². The number of anilines is 2. The summed E-state index contributed by atoms with van der Waals surface area (Å²) in [6.45, 7) is 5.15. The molecule has 0 unspecified atom stereocenters. The Morgan fingerprint density at radius 3 is 2.41 bits per heavy atom. The van der Waals surface area contributed by atoms with Gasteiger partial charge in [-0.1, -0.05) is 30.3 Å². The summed E-state index contributed by atoms with van der Waals surface area (Å²) in [7, 11) is 3.90. The average molecular weight is 433 g/mol. The molecule has 0 spiro atoms. The highest BCUT2D eigenvalue weighted by Gasteiger charge is 2.20. The normalized spacial score (nSPS) is 14.3. The van der Waals surface area contributed by atoms with Crippen molar-refractivity contribution in [3.63, 3.8) is 0 Å². The third-order valence-electron chi connectivity index (χ3n) is 5.90. The number of carbonyl (C=O) groups excluding carboxylic acids is 1. The molecule has 168 valence electrons. The Bertz CT molecular complexity index is 1070. The molecule has 1 aliphatic rings. The number of nitrogens with one attached hydrogen (secondary N) is 3. The standard InChI is InChI=1S/C25H32N6O/c1-17-4-9-21-22(14-17)29-25(31(2)3)30-23(21)27-15-18-5-7-19(8-6-18)16-28-24(32)20-10-12-26-13-11-20/h4-9,14,20,26H,10-13,15-16H2,1-3H3,(H,28,32)(H,27,29,30). The first-order valence-corrected chi connectivity index (χ1v) is 11.3. The number of hydrogen-bond acceptors (Lipinski definition) is 6. The Morgan fingerprint density at radius 1 is 1.03 bits per heavy atom. The van der Waals surface area contributed by atoms with Crippen molar-refractivity contribution in [3.8, 4) is 0 Å². The molecule has 7 nitrogen and oxygen atoms in total. The number of nitrogens with zero attached hydrogens (tertiary/aromatic N) is 3. The number of rotatable bonds is 7. The fraction of sp³-hybridized carbons (Fsp3) is 0.400. The molecule has 7 heteroatoms. The molecule has 1 saturated heterocycles. The van der Waals surface area contributed by atoms with Crippen LogP contribution in [0.4, 0.5) is 11.8 Å². The van der Waals surface area contributed by atoms with Crippen molar-refractivity contribution in [1.82, 2.24) is 20.6 Å². The third kappa shape index (κ3) is 5.34. The lowest BCUT2D eigenvalue weighted by Gasteiger charge is -2.21. The molecule has 0 atom stereocenters. The van der Waals surface area contributed by atoms with Crippen molar-refractivity contribution in [2.45, 2.75) is 32.9 Å². The number of benzene rings is 2. The number of piperidine rings is 1. The van der Waals surface area contributed by atoms with Gasteiger partial charge in [0, 0.05) is 38.5 Å². The molecule has 2 aromatic carbocycles. The number of aromatic nitrogens is 2. The minimum Gasteiger partial charge on any atom is -0.365 e. The summed E-state index contributed by atoms with van der Waals surface area (Å²) in [5.41, 5.74) is 4.37. The summed E-state index contributed by atoms with van der Waals surface area (Å²) >= 11 is 0. The van der Waals surface area contributed by atoms with Crippen LogP contribution in [0.5, 0.6) is 0 Å². The second-order valence-electron chi connectivity index (χ2n) is 8.70. The lowest BCUT2D eigenvalue weighted by Crippen LogP contribution is -2.37. The van der Waals surface area contributed by atoms with Gasteiger partial charge in [0.25, 0.3) is 0 Å². The van der Waals surface area contributed by atoms with Gasteiger partial charge in [-0.15, -0.1) is 0 Å². The van der Waals surface area contributed by atoms with E-state index in [1.54, 1.807) is 0 Å². The van der Waals surface area contributed by atoms with Crippen LogP contribution in [0.1, 0.15) is 29.5 Å². The SMILES string of the molecule is Cc1ccc2c(NCc3ccc(CNC(=O)C4CCNCC4)cc3)nc(N(C)C)nc2c1. The second kappa shape index (κ2) is 9.96. The molecular weight excluding hydrogens is 400 g/mol. The zero-order valence-corrected chi connectivity index (χ0v) is 19.1. The van der Waals surface area contributed by atoms with E-state index in [0.717, 1.165) is 53.8 Å². The monoisotopic (exact) mass is 432 g/mol. The van der Waals surface area contributed by atoms with E-state index in [1.807, 2.05) is 19.0 Å². The highest BCUT2D eigenvalue weighted by atomic mass is 16.1. The molecule has 3 N–H and O–H groups in total. The summed E-state index contributed by atoms with van der Waals surface area (Å²) < 4.78 is 0. The van der Waals surface area contributed by atoms with E-state index < -0.39 is 0 Å². The molecule has 3 aromatic rings. The Balaban J connectivity index is 1.39. The van der Waals surface area contributed by atoms with Crippen LogP contribution in [0.3, 0.4) is 0 Å². The molecule has 0 aliphatic carbocycles. The van der Waals surface area contributed by atoms with Gasteiger partial charge in [0.2, 0.25) is 11.9 Å². The molecule has 2 heterocycles. The van der Waals surface area contributed by atoms with Crippen LogP contribution < -0.4 is 20.9 Å². The Morgan fingerprint density at radius 2 is 1.72 bits per heavy atom. The molecule has 4 rings (SSSR count). The van der Waals surface area contributed by atoms with Crippen LogP contribution in [0.25, 0.3) is 10.9 Å². The van der Waals surface area contributed by atoms with Gasteiger partial charge in [0.1, 0.15) is 5.82 Å². The van der Waals surface area contributed by atoms with E-state index in [1.165, 1.54) is 5.56 Å². The lowest BCUT2D eigenvalue weighted by atomic mass is 9.97. The molecular formula is C25H32N6O. The summed E-state index contributed by atoms with van der Waals surface area (Å²) in [6.07, 6.45) is 1.84. The van der Waals surface area contributed by atoms with Crippen molar-refractivity contribution in [2.75, 3.05) is 37.4 Å². The first-order valence-electron chi connectivity index (χ1n) is 11.3. The first kappa shape index (κ1) is 22.0. The quantitative estimate of drug-likeness (QED) is 0.532. The van der Waals surface area contributed by atoms with Gasteiger partial charge in [-0.25, -0.2) is 4.98 Å². The number of amides is 1. The van der Waals surface area contributed by atoms with Crippen molar-refractivity contribution in [2.24, 2.45) is 5.92 Å². The van der Waals surface area contributed by atoms with Gasteiger partial charge < -0.3 is 20.9 Å². The van der Waals surface area contributed by atoms with E-state index in [9.17, 15) is 4.79 Å². The van der Waals surface area contributed by atoms with E-state index in [0.29, 0.717) is 19.0 Å². The maximum atomic E-state index is 12.3. The number of aryl methyl sites for hydroxylation is 1. The summed E-state index contributed by atoms with van der Waals surface area (Å²) in [5, 5.41) is 10.9. The molecule has 1 aromatic heterocycles. The predicted octanol–water partition coefficient (Wildman–Crippen LogP) is 3.23. The van der Waals surface area contributed by atoms with E-state index in [2.05, 4.69) is 70.3 Å². The summed E-state index contributed by atoms with van der Waals surface area (Å²) in [4.78, 5) is 23.6. The van der Waals surface area contributed by atoms with Gasteiger partial charge in [0.15, 0.2) is 0 Å². The van der Waals surface area contributed by atoms with Gasteiger partial charge in [-0.05, 0) is 61.7 Å². The zero-order chi connectivity index (χ0) is 22.5. The topological polar surface area (TPSA) is 82.2 Å². The van der Waals surface area contributed by atoms with Gasteiger partial charge in [-0.3, -0.25) is 4.79 Å². The molecule has 0 saturated carbocycles. The zero-order valence-electron chi connectivity index (χ0n) is 19.1. The molecule has 1 fully saturated rings. The van der Waals surface area contributed by atoms with Crippen LogP contribution in [0.2, 0.25) is 0 Å². The van der Waals surface area contributed by atoms with Crippen LogP contribution in [-0.4, -0.2) is 43.1 Å². The predicted molar refractivity (Wildman–Crippen MR) is 130 cm³/mol. The molecule has 0 bridgehead atoms. The van der Waals surface area contributed by atoms with Gasteiger partial charge in [-0.2, -0.15) is 4.98 Å².